The molecule has 10 heteroatoms. The molecule has 0 aromatic carbocycles. The summed E-state index contributed by atoms with van der Waals surface area (Å²) in [6, 6.07) is 3.61. The van der Waals surface area contributed by atoms with Crippen LogP contribution in [0.25, 0.3) is 11.4 Å². The molecule has 0 radical (unpaired) electrons. The molecule has 3 aromatic heterocycles. The van der Waals surface area contributed by atoms with Crippen molar-refractivity contribution in [3.05, 3.63) is 42.3 Å². The standard InChI is InChI=1S/C14H16N8O2/c1-21(14(23)11-8-22(6-4-15)20-18-11)9-12-17-13(19-24-12)10-3-2-5-16-7-10/h2-3,5,7-8H,4,6,9,15H2,1H3. The number of hydrogen-bond donors (Lipinski definition) is 1. The Labute approximate surface area is 137 Å². The molecular formula is C14H16N8O2. The molecule has 2 N–H and O–H groups in total. The van der Waals surface area contributed by atoms with Crippen molar-refractivity contribution < 1.29 is 9.32 Å². The molecule has 0 aliphatic heterocycles. The van der Waals surface area contributed by atoms with Gasteiger partial charge in [-0.25, -0.2) is 0 Å². The predicted molar refractivity (Wildman–Crippen MR) is 82.4 cm³/mol. The highest BCUT2D eigenvalue weighted by atomic mass is 16.5. The molecule has 0 saturated heterocycles. The van der Waals surface area contributed by atoms with Crippen molar-refractivity contribution in [2.75, 3.05) is 13.6 Å². The van der Waals surface area contributed by atoms with Gasteiger partial charge in [-0.05, 0) is 12.1 Å². The number of hydrogen-bond acceptors (Lipinski definition) is 8. The first-order valence-electron chi connectivity index (χ1n) is 7.26. The zero-order chi connectivity index (χ0) is 16.9. The fraction of sp³-hybridized carbons (Fsp3) is 0.286. The van der Waals surface area contributed by atoms with Crippen LogP contribution in [0, 0.1) is 0 Å². The molecule has 124 valence electrons. The second-order valence-corrected chi connectivity index (χ2v) is 5.07. The SMILES string of the molecule is CN(Cc1nc(-c2cccnc2)no1)C(=O)c1cn(CCN)nn1. The van der Waals surface area contributed by atoms with E-state index in [0.29, 0.717) is 24.8 Å². The second kappa shape index (κ2) is 6.96. The lowest BCUT2D eigenvalue weighted by atomic mass is 10.3. The van der Waals surface area contributed by atoms with E-state index in [9.17, 15) is 4.79 Å². The van der Waals surface area contributed by atoms with Gasteiger partial charge in [0.15, 0.2) is 5.69 Å². The molecule has 0 aliphatic rings. The van der Waals surface area contributed by atoms with Crippen LogP contribution in [0.4, 0.5) is 0 Å². The molecule has 0 spiro atoms. The number of pyridine rings is 1. The normalized spacial score (nSPS) is 10.8. The van der Waals surface area contributed by atoms with E-state index in [2.05, 4.69) is 25.4 Å². The van der Waals surface area contributed by atoms with E-state index in [1.54, 1.807) is 31.7 Å². The van der Waals surface area contributed by atoms with Crippen molar-refractivity contribution in [3.63, 3.8) is 0 Å². The van der Waals surface area contributed by atoms with Crippen LogP contribution in [0.3, 0.4) is 0 Å². The third-order valence-electron chi connectivity index (χ3n) is 3.22. The molecule has 0 bridgehead atoms. The molecule has 0 saturated carbocycles. The van der Waals surface area contributed by atoms with E-state index in [1.807, 2.05) is 6.07 Å². The molecular weight excluding hydrogens is 312 g/mol. The van der Waals surface area contributed by atoms with Gasteiger partial charge >= 0.3 is 0 Å². The maximum atomic E-state index is 12.3. The van der Waals surface area contributed by atoms with Crippen LogP contribution in [-0.2, 0) is 13.1 Å². The molecule has 0 unspecified atom stereocenters. The number of rotatable bonds is 6. The molecule has 1 amide bonds. The maximum absolute atomic E-state index is 12.3. The van der Waals surface area contributed by atoms with Gasteiger partial charge in [-0.2, -0.15) is 4.98 Å². The highest BCUT2D eigenvalue weighted by Gasteiger charge is 2.19. The molecule has 0 atom stereocenters. The van der Waals surface area contributed by atoms with Gasteiger partial charge < -0.3 is 15.2 Å². The van der Waals surface area contributed by atoms with E-state index in [1.165, 1.54) is 9.58 Å². The molecule has 0 aliphatic carbocycles. The Morgan fingerprint density at radius 1 is 1.46 bits per heavy atom. The summed E-state index contributed by atoms with van der Waals surface area (Å²) in [6.45, 7) is 1.09. The van der Waals surface area contributed by atoms with Gasteiger partial charge in [0, 0.05) is 31.5 Å². The molecule has 3 rings (SSSR count). The number of amides is 1. The minimum absolute atomic E-state index is 0.163. The number of nitrogens with two attached hydrogens (primary N) is 1. The maximum Gasteiger partial charge on any atom is 0.276 e. The number of aromatic nitrogens is 6. The van der Waals surface area contributed by atoms with Crippen LogP contribution >= 0.6 is 0 Å². The largest absolute Gasteiger partial charge is 0.337 e. The van der Waals surface area contributed by atoms with E-state index < -0.39 is 0 Å². The van der Waals surface area contributed by atoms with Crippen molar-refractivity contribution >= 4 is 5.91 Å². The van der Waals surface area contributed by atoms with Crippen molar-refractivity contribution in [3.8, 4) is 11.4 Å². The monoisotopic (exact) mass is 328 g/mol. The fourth-order valence-corrected chi connectivity index (χ4v) is 2.04. The van der Waals surface area contributed by atoms with Crippen LogP contribution < -0.4 is 5.73 Å². The smallest absolute Gasteiger partial charge is 0.276 e. The molecule has 3 heterocycles. The van der Waals surface area contributed by atoms with Gasteiger partial charge in [-0.3, -0.25) is 14.5 Å². The third kappa shape index (κ3) is 3.43. The quantitative estimate of drug-likeness (QED) is 0.667. The third-order valence-corrected chi connectivity index (χ3v) is 3.22. The summed E-state index contributed by atoms with van der Waals surface area (Å²) >= 11 is 0. The van der Waals surface area contributed by atoms with Gasteiger partial charge in [0.1, 0.15) is 6.54 Å². The molecule has 0 fully saturated rings. The molecule has 24 heavy (non-hydrogen) atoms. The van der Waals surface area contributed by atoms with Crippen LogP contribution in [0.5, 0.6) is 0 Å². The minimum Gasteiger partial charge on any atom is -0.337 e. The Bertz CT molecular complexity index is 813. The van der Waals surface area contributed by atoms with Crippen molar-refractivity contribution in [1.82, 2.24) is 35.0 Å². The summed E-state index contributed by atoms with van der Waals surface area (Å²) in [4.78, 5) is 22.0. The highest BCUT2D eigenvalue weighted by molar-refractivity contribution is 5.91. The van der Waals surface area contributed by atoms with E-state index >= 15 is 0 Å². The Kier molecular flexibility index (Phi) is 4.57. The first-order chi connectivity index (χ1) is 11.7. The van der Waals surface area contributed by atoms with Gasteiger partial charge in [0.2, 0.25) is 11.7 Å². The van der Waals surface area contributed by atoms with Crippen LogP contribution in [0.15, 0.2) is 35.2 Å². The fourth-order valence-electron chi connectivity index (χ4n) is 2.04. The minimum atomic E-state index is -0.292. The summed E-state index contributed by atoms with van der Waals surface area (Å²) in [5.74, 6) is 0.450. The van der Waals surface area contributed by atoms with Crippen molar-refractivity contribution in [1.29, 1.82) is 0 Å². The number of carbonyl (C=O) groups is 1. The average molecular weight is 328 g/mol. The van der Waals surface area contributed by atoms with Crippen LogP contribution in [-0.4, -0.2) is 54.5 Å². The zero-order valence-corrected chi connectivity index (χ0v) is 13.0. The van der Waals surface area contributed by atoms with E-state index in [-0.39, 0.29) is 18.1 Å². The second-order valence-electron chi connectivity index (χ2n) is 5.07. The Hall–Kier alpha value is -3.14. The zero-order valence-electron chi connectivity index (χ0n) is 13.0. The lowest BCUT2D eigenvalue weighted by molar-refractivity contribution is 0.0763. The topological polar surface area (TPSA) is 129 Å². The predicted octanol–water partition coefficient (Wildman–Crippen LogP) is -0.0460. The summed E-state index contributed by atoms with van der Waals surface area (Å²) < 4.78 is 6.70. The summed E-state index contributed by atoms with van der Waals surface area (Å²) in [7, 11) is 1.62. The van der Waals surface area contributed by atoms with Gasteiger partial charge in [-0.1, -0.05) is 10.4 Å². The van der Waals surface area contributed by atoms with Gasteiger partial charge in [0.25, 0.3) is 5.91 Å². The Morgan fingerprint density at radius 3 is 3.08 bits per heavy atom. The molecule has 3 aromatic rings. The average Bonchev–Trinajstić information content (AvgIpc) is 3.25. The lowest BCUT2D eigenvalue weighted by Crippen LogP contribution is -2.26. The van der Waals surface area contributed by atoms with Crippen molar-refractivity contribution in [2.24, 2.45) is 5.73 Å². The van der Waals surface area contributed by atoms with E-state index in [0.717, 1.165) is 5.56 Å². The van der Waals surface area contributed by atoms with E-state index in [4.69, 9.17) is 10.3 Å². The van der Waals surface area contributed by atoms with Gasteiger partial charge in [-0.15, -0.1) is 5.10 Å². The molecule has 10 nitrogen and oxygen atoms in total. The number of nitrogens with zero attached hydrogens (tertiary/aromatic N) is 7. The Morgan fingerprint density at radius 2 is 2.33 bits per heavy atom. The summed E-state index contributed by atoms with van der Waals surface area (Å²) in [5, 5.41) is 11.6. The summed E-state index contributed by atoms with van der Waals surface area (Å²) in [5.41, 5.74) is 6.42. The Balaban J connectivity index is 1.67. The number of carbonyl (C=O) groups excluding carboxylic acids is 1. The summed E-state index contributed by atoms with van der Waals surface area (Å²) in [6.07, 6.45) is 4.86. The first-order valence-corrected chi connectivity index (χ1v) is 7.26. The highest BCUT2D eigenvalue weighted by Crippen LogP contribution is 2.14. The van der Waals surface area contributed by atoms with Gasteiger partial charge in [0.05, 0.1) is 12.7 Å². The lowest BCUT2D eigenvalue weighted by Gasteiger charge is -2.12. The van der Waals surface area contributed by atoms with Crippen molar-refractivity contribution in [2.45, 2.75) is 13.1 Å². The first kappa shape index (κ1) is 15.7. The van der Waals surface area contributed by atoms with Crippen LogP contribution in [0.2, 0.25) is 0 Å². The van der Waals surface area contributed by atoms with Crippen LogP contribution in [0.1, 0.15) is 16.4 Å².